The molecule has 1 aliphatic heterocycles. The third kappa shape index (κ3) is 4.49. The largest absolute Gasteiger partial charge is 0.356 e. The predicted octanol–water partition coefficient (Wildman–Crippen LogP) is 0.489. The summed E-state index contributed by atoms with van der Waals surface area (Å²) in [4.78, 5) is 24.9. The summed E-state index contributed by atoms with van der Waals surface area (Å²) in [5.74, 6) is 1.32. The summed E-state index contributed by atoms with van der Waals surface area (Å²) in [6.45, 7) is 3.89. The van der Waals surface area contributed by atoms with Gasteiger partial charge in [0.25, 0.3) is 0 Å². The van der Waals surface area contributed by atoms with Gasteiger partial charge in [0.15, 0.2) is 0 Å². The molecule has 2 rings (SSSR count). The normalized spacial score (nSPS) is 22.1. The molecule has 0 aromatic heterocycles. The van der Waals surface area contributed by atoms with Gasteiger partial charge in [-0.05, 0) is 37.5 Å². The highest BCUT2D eigenvalue weighted by Gasteiger charge is 2.31. The van der Waals surface area contributed by atoms with Gasteiger partial charge in [0, 0.05) is 39.0 Å². The molecule has 1 saturated heterocycles. The van der Waals surface area contributed by atoms with E-state index in [0.29, 0.717) is 18.3 Å². The van der Waals surface area contributed by atoms with Gasteiger partial charge in [-0.2, -0.15) is 0 Å². The maximum atomic E-state index is 12.1. The van der Waals surface area contributed by atoms with Crippen molar-refractivity contribution in [2.75, 3.05) is 19.6 Å². The van der Waals surface area contributed by atoms with Crippen molar-refractivity contribution < 1.29 is 9.59 Å². The summed E-state index contributed by atoms with van der Waals surface area (Å²) in [7, 11) is 0. The van der Waals surface area contributed by atoms with E-state index in [2.05, 4.69) is 5.32 Å². The Kier molecular flexibility index (Phi) is 4.80. The number of rotatable bonds is 5. The molecule has 19 heavy (non-hydrogen) atoms. The van der Waals surface area contributed by atoms with Gasteiger partial charge in [0.2, 0.25) is 11.8 Å². The van der Waals surface area contributed by atoms with Gasteiger partial charge in [-0.15, -0.1) is 0 Å². The highest BCUT2D eigenvalue weighted by atomic mass is 16.2. The molecular formula is C14H25N3O2. The summed E-state index contributed by atoms with van der Waals surface area (Å²) < 4.78 is 0. The molecule has 0 bridgehead atoms. The number of hydrogen-bond donors (Lipinski definition) is 2. The van der Waals surface area contributed by atoms with Crippen LogP contribution in [-0.4, -0.2) is 42.4 Å². The zero-order valence-electron chi connectivity index (χ0n) is 11.7. The van der Waals surface area contributed by atoms with Crippen molar-refractivity contribution in [1.82, 2.24) is 10.2 Å². The molecule has 1 aliphatic carbocycles. The van der Waals surface area contributed by atoms with E-state index >= 15 is 0 Å². The summed E-state index contributed by atoms with van der Waals surface area (Å²) >= 11 is 0. The van der Waals surface area contributed by atoms with Crippen molar-refractivity contribution in [3.63, 3.8) is 0 Å². The molecule has 2 aliphatic rings. The molecule has 1 unspecified atom stereocenters. The molecule has 2 fully saturated rings. The number of nitrogens with one attached hydrogen (secondary N) is 1. The van der Waals surface area contributed by atoms with Crippen LogP contribution in [0.2, 0.25) is 0 Å². The second-order valence-corrected chi connectivity index (χ2v) is 5.97. The number of carbonyl (C=O) groups excluding carboxylic acids is 2. The lowest BCUT2D eigenvalue weighted by Gasteiger charge is -2.32. The van der Waals surface area contributed by atoms with E-state index < -0.39 is 0 Å². The molecule has 1 saturated carbocycles. The molecule has 1 heterocycles. The molecule has 0 aromatic carbocycles. The highest BCUT2D eigenvalue weighted by molar-refractivity contribution is 5.77. The lowest BCUT2D eigenvalue weighted by atomic mass is 9.96. The number of nitrogens with two attached hydrogens (primary N) is 1. The van der Waals surface area contributed by atoms with Gasteiger partial charge in [0.1, 0.15) is 0 Å². The van der Waals surface area contributed by atoms with Crippen LogP contribution in [0.25, 0.3) is 0 Å². The van der Waals surface area contributed by atoms with Crippen molar-refractivity contribution in [1.29, 1.82) is 0 Å². The minimum Gasteiger partial charge on any atom is -0.356 e. The fourth-order valence-electron chi connectivity index (χ4n) is 2.70. The lowest BCUT2D eigenvalue weighted by Crippen LogP contribution is -2.43. The Morgan fingerprint density at radius 3 is 2.42 bits per heavy atom. The molecule has 2 amide bonds. The molecular weight excluding hydrogens is 242 g/mol. The van der Waals surface area contributed by atoms with Crippen LogP contribution in [0.15, 0.2) is 0 Å². The summed E-state index contributed by atoms with van der Waals surface area (Å²) in [5, 5.41) is 2.85. The topological polar surface area (TPSA) is 75.4 Å². The van der Waals surface area contributed by atoms with E-state index in [9.17, 15) is 9.59 Å². The standard InChI is InChI=1S/C14H25N3O2/c1-10(18)16-9-11-4-6-17(7-5-11)14(19)8-13(15)12-2-3-12/h11-13H,2-9,15H2,1H3,(H,16,18). The predicted molar refractivity (Wildman–Crippen MR) is 73.3 cm³/mol. The second-order valence-electron chi connectivity index (χ2n) is 5.97. The van der Waals surface area contributed by atoms with Crippen molar-refractivity contribution in [2.45, 2.75) is 45.1 Å². The number of piperidine rings is 1. The fourth-order valence-corrected chi connectivity index (χ4v) is 2.70. The second kappa shape index (κ2) is 6.37. The average Bonchev–Trinajstić information content (AvgIpc) is 3.21. The van der Waals surface area contributed by atoms with E-state index in [1.807, 2.05) is 4.90 Å². The molecule has 108 valence electrons. The summed E-state index contributed by atoms with van der Waals surface area (Å²) in [6, 6.07) is 0.0598. The van der Waals surface area contributed by atoms with Crippen LogP contribution in [0.4, 0.5) is 0 Å². The van der Waals surface area contributed by atoms with E-state index in [0.717, 1.165) is 32.5 Å². The molecule has 5 nitrogen and oxygen atoms in total. The molecule has 1 atom stereocenters. The lowest BCUT2D eigenvalue weighted by molar-refractivity contribution is -0.133. The quantitative estimate of drug-likeness (QED) is 0.761. The van der Waals surface area contributed by atoms with Gasteiger partial charge in [-0.3, -0.25) is 9.59 Å². The van der Waals surface area contributed by atoms with Crippen LogP contribution in [0.3, 0.4) is 0 Å². The number of amides is 2. The molecule has 0 aromatic rings. The Labute approximate surface area is 114 Å². The highest BCUT2D eigenvalue weighted by Crippen LogP contribution is 2.33. The van der Waals surface area contributed by atoms with E-state index in [1.54, 1.807) is 0 Å². The van der Waals surface area contributed by atoms with Gasteiger partial charge in [-0.1, -0.05) is 0 Å². The first-order chi connectivity index (χ1) is 9.06. The third-order valence-corrected chi connectivity index (χ3v) is 4.24. The summed E-state index contributed by atoms with van der Waals surface area (Å²) in [6.07, 6.45) is 4.83. The zero-order valence-corrected chi connectivity index (χ0v) is 11.7. The Morgan fingerprint density at radius 2 is 1.89 bits per heavy atom. The summed E-state index contributed by atoms with van der Waals surface area (Å²) in [5.41, 5.74) is 6.00. The smallest absolute Gasteiger partial charge is 0.224 e. The van der Waals surface area contributed by atoms with Gasteiger partial charge in [0.05, 0.1) is 0 Å². The first kappa shape index (κ1) is 14.3. The van der Waals surface area contributed by atoms with Crippen LogP contribution in [-0.2, 0) is 9.59 Å². The molecule has 0 spiro atoms. The van der Waals surface area contributed by atoms with Crippen LogP contribution >= 0.6 is 0 Å². The monoisotopic (exact) mass is 267 g/mol. The van der Waals surface area contributed by atoms with Gasteiger partial charge >= 0.3 is 0 Å². The maximum absolute atomic E-state index is 12.1. The fraction of sp³-hybridized carbons (Fsp3) is 0.857. The van der Waals surface area contributed by atoms with Crippen molar-refractivity contribution in [2.24, 2.45) is 17.6 Å². The minimum absolute atomic E-state index is 0.0221. The van der Waals surface area contributed by atoms with Crippen LogP contribution < -0.4 is 11.1 Å². The Bertz CT molecular complexity index is 334. The van der Waals surface area contributed by atoms with Crippen LogP contribution in [0.1, 0.15) is 39.0 Å². The van der Waals surface area contributed by atoms with E-state index in [-0.39, 0.29) is 17.9 Å². The SMILES string of the molecule is CC(=O)NCC1CCN(C(=O)CC(N)C2CC2)CC1. The Hall–Kier alpha value is -1.10. The molecule has 5 heteroatoms. The van der Waals surface area contributed by atoms with Crippen molar-refractivity contribution in [3.8, 4) is 0 Å². The van der Waals surface area contributed by atoms with Crippen molar-refractivity contribution in [3.05, 3.63) is 0 Å². The third-order valence-electron chi connectivity index (χ3n) is 4.24. The molecule has 0 radical (unpaired) electrons. The Morgan fingerprint density at radius 1 is 1.26 bits per heavy atom. The Balaban J connectivity index is 1.67. The van der Waals surface area contributed by atoms with Crippen LogP contribution in [0, 0.1) is 11.8 Å². The first-order valence-corrected chi connectivity index (χ1v) is 7.34. The molecule has 3 N–H and O–H groups in total. The number of hydrogen-bond acceptors (Lipinski definition) is 3. The van der Waals surface area contributed by atoms with Gasteiger partial charge < -0.3 is 16.0 Å². The maximum Gasteiger partial charge on any atom is 0.224 e. The van der Waals surface area contributed by atoms with E-state index in [4.69, 9.17) is 5.73 Å². The zero-order chi connectivity index (χ0) is 13.8. The minimum atomic E-state index is 0.0221. The average molecular weight is 267 g/mol. The van der Waals surface area contributed by atoms with Gasteiger partial charge in [-0.25, -0.2) is 0 Å². The van der Waals surface area contributed by atoms with E-state index in [1.165, 1.54) is 19.8 Å². The number of nitrogens with zero attached hydrogens (tertiary/aromatic N) is 1. The first-order valence-electron chi connectivity index (χ1n) is 7.34. The van der Waals surface area contributed by atoms with Crippen LogP contribution in [0.5, 0.6) is 0 Å². The van der Waals surface area contributed by atoms with Crippen molar-refractivity contribution >= 4 is 11.8 Å². The number of carbonyl (C=O) groups is 2. The number of likely N-dealkylation sites (tertiary alicyclic amines) is 1.